The van der Waals surface area contributed by atoms with Crippen molar-refractivity contribution in [1.29, 1.82) is 0 Å². The van der Waals surface area contributed by atoms with Gasteiger partial charge < -0.3 is 15.2 Å². The Morgan fingerprint density at radius 1 is 1.19 bits per heavy atom. The Morgan fingerprint density at radius 3 is 2.56 bits per heavy atom. The number of benzene rings is 2. The second-order valence-corrected chi connectivity index (χ2v) is 7.50. The summed E-state index contributed by atoms with van der Waals surface area (Å²) in [6, 6.07) is 11.6. The number of aryl methyl sites for hydroxylation is 2. The predicted octanol–water partition coefficient (Wildman–Crippen LogP) is 3.64. The number of β-amino-alcohol motifs (C(OH)–C–C–N with tert-alkyl or cyclic N) is 1. The lowest BCUT2D eigenvalue weighted by atomic mass is 10.1. The Hall–Kier alpha value is -2.38. The second kappa shape index (κ2) is 8.10. The summed E-state index contributed by atoms with van der Waals surface area (Å²) in [4.78, 5) is 26.5. The Morgan fingerprint density at radius 2 is 1.85 bits per heavy atom. The topological polar surface area (TPSA) is 78.9 Å². The van der Waals surface area contributed by atoms with Crippen molar-refractivity contribution in [2.45, 2.75) is 32.4 Å². The molecule has 1 heterocycles. The normalized spacial score (nSPS) is 19.0. The SMILES string of the molecule is Cc1cc(Br)c(NC(=O)[C@@H]2C[C@@H](O)CN2C(=O)Oc2ccccc2)cc1C. The van der Waals surface area contributed by atoms with Gasteiger partial charge in [0.05, 0.1) is 18.3 Å². The number of hydrogen-bond acceptors (Lipinski definition) is 4. The molecule has 2 atom stereocenters. The number of anilines is 1. The van der Waals surface area contributed by atoms with Crippen LogP contribution in [0.25, 0.3) is 0 Å². The average molecular weight is 433 g/mol. The van der Waals surface area contributed by atoms with E-state index in [-0.39, 0.29) is 18.9 Å². The molecule has 27 heavy (non-hydrogen) atoms. The molecule has 0 aliphatic carbocycles. The Balaban J connectivity index is 1.74. The molecule has 0 unspecified atom stereocenters. The van der Waals surface area contributed by atoms with Crippen molar-refractivity contribution in [2.75, 3.05) is 11.9 Å². The van der Waals surface area contributed by atoms with Gasteiger partial charge in [0.15, 0.2) is 0 Å². The van der Waals surface area contributed by atoms with Crippen LogP contribution < -0.4 is 10.1 Å². The lowest BCUT2D eigenvalue weighted by molar-refractivity contribution is -0.119. The summed E-state index contributed by atoms with van der Waals surface area (Å²) >= 11 is 3.45. The molecule has 2 aromatic rings. The van der Waals surface area contributed by atoms with E-state index >= 15 is 0 Å². The number of carbonyl (C=O) groups excluding carboxylic acids is 2. The molecule has 0 bridgehead atoms. The van der Waals surface area contributed by atoms with Gasteiger partial charge in [-0.1, -0.05) is 18.2 Å². The molecule has 0 radical (unpaired) electrons. The third-order valence-electron chi connectivity index (χ3n) is 4.61. The number of amides is 2. The van der Waals surface area contributed by atoms with Gasteiger partial charge in [-0.15, -0.1) is 0 Å². The Labute approximate surface area is 166 Å². The number of halogens is 1. The van der Waals surface area contributed by atoms with Crippen LogP contribution in [0.4, 0.5) is 10.5 Å². The molecule has 0 saturated carbocycles. The van der Waals surface area contributed by atoms with Gasteiger partial charge in [-0.3, -0.25) is 9.69 Å². The number of aliphatic hydroxyl groups is 1. The molecule has 1 aliphatic rings. The number of aliphatic hydroxyl groups excluding tert-OH is 1. The molecule has 1 saturated heterocycles. The maximum Gasteiger partial charge on any atom is 0.416 e. The van der Waals surface area contributed by atoms with Crippen LogP contribution in [-0.2, 0) is 4.79 Å². The molecule has 6 nitrogen and oxygen atoms in total. The first-order chi connectivity index (χ1) is 12.8. The van der Waals surface area contributed by atoms with Crippen molar-refractivity contribution < 1.29 is 19.4 Å². The van der Waals surface area contributed by atoms with Crippen LogP contribution in [0, 0.1) is 13.8 Å². The fourth-order valence-corrected chi connectivity index (χ4v) is 3.56. The van der Waals surface area contributed by atoms with Crippen LogP contribution >= 0.6 is 15.9 Å². The maximum atomic E-state index is 12.8. The largest absolute Gasteiger partial charge is 0.416 e. The second-order valence-electron chi connectivity index (χ2n) is 6.64. The van der Waals surface area contributed by atoms with E-state index in [4.69, 9.17) is 4.74 Å². The zero-order valence-corrected chi connectivity index (χ0v) is 16.7. The van der Waals surface area contributed by atoms with Gasteiger partial charge in [0.1, 0.15) is 11.8 Å². The first kappa shape index (κ1) is 19.4. The zero-order chi connectivity index (χ0) is 19.6. The highest BCUT2D eigenvalue weighted by Gasteiger charge is 2.40. The quantitative estimate of drug-likeness (QED) is 0.775. The van der Waals surface area contributed by atoms with Gasteiger partial charge in [-0.25, -0.2) is 4.79 Å². The van der Waals surface area contributed by atoms with E-state index in [1.54, 1.807) is 24.3 Å². The molecule has 1 aliphatic heterocycles. The third kappa shape index (κ3) is 4.48. The molecule has 7 heteroatoms. The Bertz CT molecular complexity index is 857. The minimum atomic E-state index is -0.801. The molecule has 1 fully saturated rings. The Kier molecular flexibility index (Phi) is 5.82. The van der Waals surface area contributed by atoms with E-state index in [9.17, 15) is 14.7 Å². The van der Waals surface area contributed by atoms with Gasteiger partial charge in [0.2, 0.25) is 5.91 Å². The molecule has 3 rings (SSSR count). The monoisotopic (exact) mass is 432 g/mol. The molecular weight excluding hydrogens is 412 g/mol. The number of nitrogens with one attached hydrogen (secondary N) is 1. The number of para-hydroxylation sites is 1. The number of nitrogens with zero attached hydrogens (tertiary/aromatic N) is 1. The van der Waals surface area contributed by atoms with E-state index < -0.39 is 18.2 Å². The highest BCUT2D eigenvalue weighted by Crippen LogP contribution is 2.28. The summed E-state index contributed by atoms with van der Waals surface area (Å²) < 4.78 is 6.08. The summed E-state index contributed by atoms with van der Waals surface area (Å²) in [5.41, 5.74) is 2.77. The van der Waals surface area contributed by atoms with Crippen LogP contribution in [0.15, 0.2) is 46.9 Å². The standard InChI is InChI=1S/C20H21BrN2O4/c1-12-8-16(21)17(9-13(12)2)22-19(25)18-10-14(24)11-23(18)20(26)27-15-6-4-3-5-7-15/h3-9,14,18,24H,10-11H2,1-2H3,(H,22,25)/t14-,18+/m1/s1. The number of hydrogen-bond donors (Lipinski definition) is 2. The summed E-state index contributed by atoms with van der Waals surface area (Å²) in [6.07, 6.45) is -1.26. The highest BCUT2D eigenvalue weighted by molar-refractivity contribution is 9.10. The van der Waals surface area contributed by atoms with Crippen LogP contribution in [0.3, 0.4) is 0 Å². The number of rotatable bonds is 3. The fraction of sp³-hybridized carbons (Fsp3) is 0.300. The number of likely N-dealkylation sites (tertiary alicyclic amines) is 1. The minimum absolute atomic E-state index is 0.0534. The lowest BCUT2D eigenvalue weighted by Crippen LogP contribution is -2.44. The van der Waals surface area contributed by atoms with Crippen LogP contribution in [0.1, 0.15) is 17.5 Å². The average Bonchev–Trinajstić information content (AvgIpc) is 3.02. The van der Waals surface area contributed by atoms with Crippen molar-refractivity contribution in [3.05, 3.63) is 58.1 Å². The lowest BCUT2D eigenvalue weighted by Gasteiger charge is -2.23. The van der Waals surface area contributed by atoms with E-state index in [1.165, 1.54) is 4.90 Å². The third-order valence-corrected chi connectivity index (χ3v) is 5.26. The molecule has 2 N–H and O–H groups in total. The molecule has 142 valence electrons. The van der Waals surface area contributed by atoms with Gasteiger partial charge >= 0.3 is 6.09 Å². The predicted molar refractivity (Wildman–Crippen MR) is 106 cm³/mol. The molecule has 0 spiro atoms. The van der Waals surface area contributed by atoms with E-state index in [1.807, 2.05) is 32.0 Å². The van der Waals surface area contributed by atoms with Crippen LogP contribution in [0.2, 0.25) is 0 Å². The minimum Gasteiger partial charge on any atom is -0.410 e. The maximum absolute atomic E-state index is 12.8. The first-order valence-corrected chi connectivity index (χ1v) is 9.43. The van der Waals surface area contributed by atoms with Crippen molar-refractivity contribution in [1.82, 2.24) is 4.90 Å². The smallest absolute Gasteiger partial charge is 0.410 e. The molecular formula is C20H21BrN2O4. The van der Waals surface area contributed by atoms with Crippen molar-refractivity contribution >= 4 is 33.6 Å². The van der Waals surface area contributed by atoms with E-state index in [0.717, 1.165) is 15.6 Å². The zero-order valence-electron chi connectivity index (χ0n) is 15.1. The summed E-state index contributed by atoms with van der Waals surface area (Å²) in [5.74, 6) is 0.0282. The fourth-order valence-electron chi connectivity index (χ4n) is 3.00. The van der Waals surface area contributed by atoms with Gasteiger partial charge in [0, 0.05) is 10.9 Å². The summed E-state index contributed by atoms with van der Waals surface area (Å²) in [7, 11) is 0. The van der Waals surface area contributed by atoms with E-state index in [2.05, 4.69) is 21.2 Å². The highest BCUT2D eigenvalue weighted by atomic mass is 79.9. The van der Waals surface area contributed by atoms with Crippen molar-refractivity contribution in [3.8, 4) is 5.75 Å². The number of ether oxygens (including phenoxy) is 1. The van der Waals surface area contributed by atoms with Crippen molar-refractivity contribution in [2.24, 2.45) is 0 Å². The van der Waals surface area contributed by atoms with Gasteiger partial charge in [-0.2, -0.15) is 0 Å². The van der Waals surface area contributed by atoms with Gasteiger partial charge in [0.25, 0.3) is 0 Å². The number of carbonyl (C=O) groups is 2. The van der Waals surface area contributed by atoms with E-state index in [0.29, 0.717) is 11.4 Å². The van der Waals surface area contributed by atoms with Crippen LogP contribution in [0.5, 0.6) is 5.75 Å². The molecule has 0 aromatic heterocycles. The van der Waals surface area contributed by atoms with Crippen molar-refractivity contribution in [3.63, 3.8) is 0 Å². The summed E-state index contributed by atoms with van der Waals surface area (Å²) in [5, 5.41) is 12.8. The summed E-state index contributed by atoms with van der Waals surface area (Å²) in [6.45, 7) is 4.00. The first-order valence-electron chi connectivity index (χ1n) is 8.64. The van der Waals surface area contributed by atoms with Crippen LogP contribution in [-0.4, -0.2) is 40.7 Å². The van der Waals surface area contributed by atoms with Gasteiger partial charge in [-0.05, 0) is 65.2 Å². The molecule has 2 aromatic carbocycles. The molecule has 2 amide bonds.